The Labute approximate surface area is 115 Å². The van der Waals surface area contributed by atoms with E-state index in [0.717, 1.165) is 11.3 Å². The normalized spacial score (nSPS) is 11.3. The molecule has 3 N–H and O–H groups in total. The van der Waals surface area contributed by atoms with Crippen LogP contribution in [-0.2, 0) is 10.0 Å². The molecule has 0 heterocycles. The number of aliphatic hydroxyl groups is 1. The number of hydrogen-bond acceptors (Lipinski definition) is 4. The van der Waals surface area contributed by atoms with Gasteiger partial charge in [0.1, 0.15) is 0 Å². The zero-order valence-electron chi connectivity index (χ0n) is 11.4. The van der Waals surface area contributed by atoms with Crippen LogP contribution in [0.2, 0.25) is 0 Å². The van der Waals surface area contributed by atoms with Crippen molar-refractivity contribution in [2.45, 2.75) is 26.7 Å². The van der Waals surface area contributed by atoms with Crippen molar-refractivity contribution in [3.05, 3.63) is 23.8 Å². The second-order valence-corrected chi connectivity index (χ2v) is 6.24. The molecule has 0 atom stereocenters. The maximum Gasteiger partial charge on any atom is 0.232 e. The summed E-state index contributed by atoms with van der Waals surface area (Å²) < 4.78 is 26.1. The predicted octanol–water partition coefficient (Wildman–Crippen LogP) is 1.94. The van der Waals surface area contributed by atoms with E-state index < -0.39 is 10.0 Å². The Hall–Kier alpha value is -1.27. The number of benzene rings is 1. The number of hydrogen-bond donors (Lipinski definition) is 3. The average molecular weight is 286 g/mol. The first-order valence-corrected chi connectivity index (χ1v) is 8.10. The van der Waals surface area contributed by atoms with E-state index in [0.29, 0.717) is 25.1 Å². The molecule has 0 bridgehead atoms. The summed E-state index contributed by atoms with van der Waals surface area (Å²) in [7, 11) is -3.27. The quantitative estimate of drug-likeness (QED) is 0.638. The van der Waals surface area contributed by atoms with Gasteiger partial charge >= 0.3 is 0 Å². The van der Waals surface area contributed by atoms with Crippen LogP contribution in [0, 0.1) is 6.92 Å². The molecule has 0 spiro atoms. The van der Waals surface area contributed by atoms with Gasteiger partial charge in [-0.15, -0.1) is 0 Å². The van der Waals surface area contributed by atoms with E-state index in [1.807, 2.05) is 19.9 Å². The SMILES string of the molecule is CCCS(=O)(=O)Nc1cccc(NCCCO)c1C. The molecule has 1 aromatic carbocycles. The second-order valence-electron chi connectivity index (χ2n) is 4.40. The van der Waals surface area contributed by atoms with Crippen molar-refractivity contribution >= 4 is 21.4 Å². The van der Waals surface area contributed by atoms with Crippen LogP contribution in [0.5, 0.6) is 0 Å². The number of anilines is 2. The van der Waals surface area contributed by atoms with Gasteiger partial charge in [0.05, 0.1) is 11.4 Å². The zero-order chi connectivity index (χ0) is 14.3. The summed E-state index contributed by atoms with van der Waals surface area (Å²) >= 11 is 0. The molecule has 0 amide bonds. The fourth-order valence-corrected chi connectivity index (χ4v) is 2.92. The monoisotopic (exact) mass is 286 g/mol. The molecule has 5 nitrogen and oxygen atoms in total. The molecule has 0 aliphatic carbocycles. The van der Waals surface area contributed by atoms with Crippen molar-refractivity contribution in [1.29, 1.82) is 0 Å². The van der Waals surface area contributed by atoms with Crippen molar-refractivity contribution in [3.63, 3.8) is 0 Å². The molecule has 0 saturated carbocycles. The fourth-order valence-electron chi connectivity index (χ4n) is 1.73. The number of rotatable bonds is 8. The standard InChI is InChI=1S/C13H22N2O3S/c1-3-10-19(17,18)15-13-7-4-6-12(11(13)2)14-8-5-9-16/h4,6-7,14-16H,3,5,8-10H2,1-2H3. The first kappa shape index (κ1) is 15.8. The zero-order valence-corrected chi connectivity index (χ0v) is 12.3. The van der Waals surface area contributed by atoms with Crippen LogP contribution >= 0.6 is 0 Å². The molecule has 0 unspecified atom stereocenters. The van der Waals surface area contributed by atoms with Gasteiger partial charge in [0.25, 0.3) is 0 Å². The van der Waals surface area contributed by atoms with Crippen LogP contribution in [-0.4, -0.2) is 32.4 Å². The molecule has 0 aromatic heterocycles. The van der Waals surface area contributed by atoms with Crippen molar-refractivity contribution < 1.29 is 13.5 Å². The minimum Gasteiger partial charge on any atom is -0.396 e. The molecule has 0 saturated heterocycles. The Kier molecular flexibility index (Phi) is 6.11. The van der Waals surface area contributed by atoms with Crippen molar-refractivity contribution in [2.75, 3.05) is 28.9 Å². The number of aliphatic hydroxyl groups excluding tert-OH is 1. The van der Waals surface area contributed by atoms with Crippen LogP contribution in [0.3, 0.4) is 0 Å². The smallest absolute Gasteiger partial charge is 0.232 e. The lowest BCUT2D eigenvalue weighted by atomic mass is 10.1. The molecule has 6 heteroatoms. The average Bonchev–Trinajstić information content (AvgIpc) is 2.33. The highest BCUT2D eigenvalue weighted by Crippen LogP contribution is 2.24. The Balaban J connectivity index is 2.82. The van der Waals surface area contributed by atoms with Crippen molar-refractivity contribution in [3.8, 4) is 0 Å². The molecule has 0 aliphatic rings. The molecular formula is C13H22N2O3S. The van der Waals surface area contributed by atoms with Crippen LogP contribution in [0.1, 0.15) is 25.3 Å². The summed E-state index contributed by atoms with van der Waals surface area (Å²) in [6, 6.07) is 5.45. The molecule has 1 aromatic rings. The first-order valence-electron chi connectivity index (χ1n) is 6.45. The second kappa shape index (κ2) is 7.35. The van der Waals surface area contributed by atoms with Gasteiger partial charge in [-0.3, -0.25) is 4.72 Å². The van der Waals surface area contributed by atoms with E-state index in [-0.39, 0.29) is 12.4 Å². The van der Waals surface area contributed by atoms with Gasteiger partial charge < -0.3 is 10.4 Å². The summed E-state index contributed by atoms with van der Waals surface area (Å²) in [6.45, 7) is 4.49. The lowest BCUT2D eigenvalue weighted by Crippen LogP contribution is -2.17. The van der Waals surface area contributed by atoms with E-state index in [2.05, 4.69) is 10.0 Å². The predicted molar refractivity (Wildman–Crippen MR) is 79.1 cm³/mol. The third kappa shape index (κ3) is 5.08. The van der Waals surface area contributed by atoms with E-state index in [9.17, 15) is 8.42 Å². The maximum atomic E-state index is 11.8. The van der Waals surface area contributed by atoms with E-state index >= 15 is 0 Å². The third-order valence-electron chi connectivity index (χ3n) is 2.72. The Bertz CT molecular complexity index is 501. The summed E-state index contributed by atoms with van der Waals surface area (Å²) in [6.07, 6.45) is 1.24. The number of sulfonamides is 1. The van der Waals surface area contributed by atoms with Gasteiger partial charge in [0.2, 0.25) is 10.0 Å². The first-order chi connectivity index (χ1) is 9.00. The van der Waals surface area contributed by atoms with Crippen molar-refractivity contribution in [2.24, 2.45) is 0 Å². The van der Waals surface area contributed by atoms with Gasteiger partial charge in [-0.25, -0.2) is 8.42 Å². The summed E-state index contributed by atoms with van der Waals surface area (Å²) in [5.41, 5.74) is 2.34. The van der Waals surface area contributed by atoms with Gasteiger partial charge in [0.15, 0.2) is 0 Å². The van der Waals surface area contributed by atoms with Crippen LogP contribution < -0.4 is 10.0 Å². The van der Waals surface area contributed by atoms with Gasteiger partial charge in [-0.1, -0.05) is 13.0 Å². The molecule has 108 valence electrons. The Morgan fingerprint density at radius 2 is 1.95 bits per heavy atom. The van der Waals surface area contributed by atoms with E-state index in [1.54, 1.807) is 12.1 Å². The lowest BCUT2D eigenvalue weighted by Gasteiger charge is -2.14. The lowest BCUT2D eigenvalue weighted by molar-refractivity contribution is 0.292. The highest BCUT2D eigenvalue weighted by atomic mass is 32.2. The Morgan fingerprint density at radius 1 is 1.26 bits per heavy atom. The fraction of sp³-hybridized carbons (Fsp3) is 0.538. The van der Waals surface area contributed by atoms with Gasteiger partial charge in [-0.05, 0) is 37.5 Å². The highest BCUT2D eigenvalue weighted by Gasteiger charge is 2.11. The summed E-state index contributed by atoms with van der Waals surface area (Å²) in [5.74, 6) is 0.120. The molecule has 1 rings (SSSR count). The largest absolute Gasteiger partial charge is 0.396 e. The molecule has 19 heavy (non-hydrogen) atoms. The number of nitrogens with one attached hydrogen (secondary N) is 2. The maximum absolute atomic E-state index is 11.8. The van der Waals surface area contributed by atoms with Crippen LogP contribution in [0.4, 0.5) is 11.4 Å². The third-order valence-corrected chi connectivity index (χ3v) is 4.20. The van der Waals surface area contributed by atoms with E-state index in [1.165, 1.54) is 0 Å². The van der Waals surface area contributed by atoms with Crippen molar-refractivity contribution in [1.82, 2.24) is 0 Å². The minimum absolute atomic E-state index is 0.120. The highest BCUT2D eigenvalue weighted by molar-refractivity contribution is 7.92. The summed E-state index contributed by atoms with van der Waals surface area (Å²) in [5, 5.41) is 11.9. The summed E-state index contributed by atoms with van der Waals surface area (Å²) in [4.78, 5) is 0. The minimum atomic E-state index is -3.27. The molecule has 0 aliphatic heterocycles. The van der Waals surface area contributed by atoms with Gasteiger partial charge in [0, 0.05) is 18.8 Å². The van der Waals surface area contributed by atoms with Crippen LogP contribution in [0.25, 0.3) is 0 Å². The Morgan fingerprint density at radius 3 is 2.58 bits per heavy atom. The molecule has 0 fully saturated rings. The molecule has 0 radical (unpaired) electrons. The van der Waals surface area contributed by atoms with Crippen LogP contribution in [0.15, 0.2) is 18.2 Å². The molecular weight excluding hydrogens is 264 g/mol. The van der Waals surface area contributed by atoms with E-state index in [4.69, 9.17) is 5.11 Å². The topological polar surface area (TPSA) is 78.4 Å². The van der Waals surface area contributed by atoms with Gasteiger partial charge in [-0.2, -0.15) is 0 Å².